The van der Waals surface area contributed by atoms with Gasteiger partial charge in [0.05, 0.1) is 6.10 Å². The molecule has 1 N–H and O–H groups in total. The van der Waals surface area contributed by atoms with Crippen LogP contribution in [-0.4, -0.2) is 34.2 Å². The Morgan fingerprint density at radius 1 is 0.765 bits per heavy atom. The van der Waals surface area contributed by atoms with Gasteiger partial charge in [0.2, 0.25) is 0 Å². The van der Waals surface area contributed by atoms with Crippen molar-refractivity contribution in [3.63, 3.8) is 0 Å². The second-order valence-corrected chi connectivity index (χ2v) is 6.88. The molecule has 17 heavy (non-hydrogen) atoms. The second-order valence-electron chi connectivity index (χ2n) is 6.88. The number of piperidine rings is 1. The summed E-state index contributed by atoms with van der Waals surface area (Å²) in [5.74, 6) is 1.80. The van der Waals surface area contributed by atoms with E-state index in [0.717, 1.165) is 30.7 Å². The van der Waals surface area contributed by atoms with Crippen LogP contribution in [0.25, 0.3) is 0 Å². The summed E-state index contributed by atoms with van der Waals surface area (Å²) in [6.07, 6.45) is 8.94. The molecule has 0 radical (unpaired) electrons. The van der Waals surface area contributed by atoms with Crippen molar-refractivity contribution in [2.75, 3.05) is 0 Å². The Hall–Kier alpha value is -0.0800. The fraction of sp³-hybridized carbons (Fsp3) is 1.00. The smallest absolute Gasteiger partial charge is 0.0570 e. The lowest BCUT2D eigenvalue weighted by molar-refractivity contribution is -0.0101. The van der Waals surface area contributed by atoms with Gasteiger partial charge in [0.25, 0.3) is 0 Å². The zero-order valence-corrected chi connectivity index (χ0v) is 11.3. The predicted molar refractivity (Wildman–Crippen MR) is 69.9 cm³/mol. The van der Waals surface area contributed by atoms with E-state index in [0.29, 0.717) is 12.1 Å². The molecule has 1 saturated carbocycles. The van der Waals surface area contributed by atoms with Crippen molar-refractivity contribution < 1.29 is 5.11 Å². The first kappa shape index (κ1) is 12.0. The Labute approximate surface area is 105 Å². The number of rotatable bonds is 1. The SMILES string of the molecule is CC1CCC(N2C3CCC2CC(O)C3)CC1C. The third-order valence-corrected chi connectivity index (χ3v) is 5.76. The maximum Gasteiger partial charge on any atom is 0.0570 e. The van der Waals surface area contributed by atoms with Crippen LogP contribution in [0.3, 0.4) is 0 Å². The maximum atomic E-state index is 9.87. The third kappa shape index (κ3) is 2.15. The highest BCUT2D eigenvalue weighted by Crippen LogP contribution is 2.42. The minimum absolute atomic E-state index is 0.0105. The Balaban J connectivity index is 1.69. The molecule has 3 rings (SSSR count). The number of fused-ring (bicyclic) bond motifs is 2. The van der Waals surface area contributed by atoms with Crippen LogP contribution in [0.15, 0.2) is 0 Å². The highest BCUT2D eigenvalue weighted by Gasteiger charge is 2.44. The van der Waals surface area contributed by atoms with Gasteiger partial charge in [-0.25, -0.2) is 0 Å². The summed E-state index contributed by atoms with van der Waals surface area (Å²) in [4.78, 5) is 2.81. The van der Waals surface area contributed by atoms with Gasteiger partial charge in [0.15, 0.2) is 0 Å². The first-order valence-electron chi connectivity index (χ1n) is 7.60. The van der Waals surface area contributed by atoms with Crippen LogP contribution in [-0.2, 0) is 0 Å². The largest absolute Gasteiger partial charge is 0.393 e. The van der Waals surface area contributed by atoms with Crippen LogP contribution in [0.5, 0.6) is 0 Å². The minimum Gasteiger partial charge on any atom is -0.393 e. The molecule has 0 spiro atoms. The van der Waals surface area contributed by atoms with E-state index in [2.05, 4.69) is 18.7 Å². The van der Waals surface area contributed by atoms with Crippen molar-refractivity contribution in [1.29, 1.82) is 0 Å². The Morgan fingerprint density at radius 2 is 1.29 bits per heavy atom. The molecule has 0 aromatic heterocycles. The zero-order valence-electron chi connectivity index (χ0n) is 11.3. The molecular formula is C15H27NO. The van der Waals surface area contributed by atoms with Gasteiger partial charge in [0, 0.05) is 18.1 Å². The van der Waals surface area contributed by atoms with Crippen LogP contribution in [0.4, 0.5) is 0 Å². The van der Waals surface area contributed by atoms with E-state index in [1.165, 1.54) is 32.1 Å². The lowest BCUT2D eigenvalue weighted by atomic mass is 9.77. The van der Waals surface area contributed by atoms with Gasteiger partial charge in [-0.3, -0.25) is 4.90 Å². The van der Waals surface area contributed by atoms with Gasteiger partial charge < -0.3 is 5.11 Å². The maximum absolute atomic E-state index is 9.87. The van der Waals surface area contributed by atoms with Crippen LogP contribution in [0, 0.1) is 11.8 Å². The number of hydrogen-bond acceptors (Lipinski definition) is 2. The molecule has 5 unspecified atom stereocenters. The summed E-state index contributed by atoms with van der Waals surface area (Å²) in [5.41, 5.74) is 0. The standard InChI is InChI=1S/C15H27NO/c1-10-3-4-12(7-11(10)2)16-13-5-6-14(16)9-15(17)8-13/h10-15,17H,3-9H2,1-2H3. The van der Waals surface area contributed by atoms with E-state index in [1.807, 2.05) is 0 Å². The Kier molecular flexibility index (Phi) is 3.20. The van der Waals surface area contributed by atoms with Gasteiger partial charge in [0.1, 0.15) is 0 Å². The molecule has 3 aliphatic rings. The molecule has 2 bridgehead atoms. The average molecular weight is 237 g/mol. The van der Waals surface area contributed by atoms with E-state index < -0.39 is 0 Å². The quantitative estimate of drug-likeness (QED) is 0.758. The van der Waals surface area contributed by atoms with E-state index >= 15 is 0 Å². The molecule has 2 aliphatic heterocycles. The molecule has 2 nitrogen and oxygen atoms in total. The Morgan fingerprint density at radius 3 is 1.88 bits per heavy atom. The first-order chi connectivity index (χ1) is 8.15. The van der Waals surface area contributed by atoms with E-state index in [4.69, 9.17) is 0 Å². The second kappa shape index (κ2) is 4.55. The normalized spacial score (nSPS) is 51.7. The van der Waals surface area contributed by atoms with Crippen molar-refractivity contribution in [3.05, 3.63) is 0 Å². The topological polar surface area (TPSA) is 23.5 Å². The molecule has 2 heterocycles. The fourth-order valence-electron chi connectivity index (χ4n) is 4.57. The summed E-state index contributed by atoms with van der Waals surface area (Å²) in [6.45, 7) is 4.84. The summed E-state index contributed by atoms with van der Waals surface area (Å²) < 4.78 is 0. The number of nitrogens with zero attached hydrogens (tertiary/aromatic N) is 1. The summed E-state index contributed by atoms with van der Waals surface area (Å²) in [5, 5.41) is 9.87. The average Bonchev–Trinajstić information content (AvgIpc) is 2.55. The van der Waals surface area contributed by atoms with Gasteiger partial charge >= 0.3 is 0 Å². The molecule has 98 valence electrons. The molecule has 3 fully saturated rings. The summed E-state index contributed by atoms with van der Waals surface area (Å²) >= 11 is 0. The van der Waals surface area contributed by atoms with Gasteiger partial charge in [-0.2, -0.15) is 0 Å². The molecule has 0 aromatic rings. The van der Waals surface area contributed by atoms with E-state index in [1.54, 1.807) is 0 Å². The molecule has 0 amide bonds. The third-order valence-electron chi connectivity index (χ3n) is 5.76. The first-order valence-corrected chi connectivity index (χ1v) is 7.60. The molecule has 2 saturated heterocycles. The van der Waals surface area contributed by atoms with Crippen molar-refractivity contribution in [3.8, 4) is 0 Å². The fourth-order valence-corrected chi connectivity index (χ4v) is 4.57. The van der Waals surface area contributed by atoms with Crippen LogP contribution in [0.2, 0.25) is 0 Å². The van der Waals surface area contributed by atoms with E-state index in [-0.39, 0.29) is 6.10 Å². The lowest BCUT2D eigenvalue weighted by Crippen LogP contribution is -2.51. The lowest BCUT2D eigenvalue weighted by Gasteiger charge is -2.46. The number of aliphatic hydroxyl groups is 1. The zero-order chi connectivity index (χ0) is 12.0. The number of aliphatic hydroxyl groups excluding tert-OH is 1. The predicted octanol–water partition coefficient (Wildman–Crippen LogP) is 2.80. The molecule has 0 aromatic carbocycles. The summed E-state index contributed by atoms with van der Waals surface area (Å²) in [6, 6.07) is 2.23. The van der Waals surface area contributed by atoms with Gasteiger partial charge in [-0.15, -0.1) is 0 Å². The van der Waals surface area contributed by atoms with Gasteiger partial charge in [-0.05, 0) is 56.8 Å². The highest BCUT2D eigenvalue weighted by molar-refractivity contribution is 4.99. The van der Waals surface area contributed by atoms with Crippen molar-refractivity contribution >= 4 is 0 Å². The monoisotopic (exact) mass is 237 g/mol. The number of hydrogen-bond donors (Lipinski definition) is 1. The van der Waals surface area contributed by atoms with Crippen LogP contribution in [0.1, 0.15) is 58.8 Å². The van der Waals surface area contributed by atoms with Gasteiger partial charge in [-0.1, -0.05) is 13.8 Å². The Bertz CT molecular complexity index is 266. The van der Waals surface area contributed by atoms with Crippen LogP contribution >= 0.6 is 0 Å². The molecule has 5 atom stereocenters. The van der Waals surface area contributed by atoms with Crippen molar-refractivity contribution in [2.45, 2.75) is 83.0 Å². The molecule has 1 aliphatic carbocycles. The minimum atomic E-state index is -0.0105. The highest BCUT2D eigenvalue weighted by atomic mass is 16.3. The molecular weight excluding hydrogens is 210 g/mol. The van der Waals surface area contributed by atoms with Crippen LogP contribution < -0.4 is 0 Å². The van der Waals surface area contributed by atoms with Crippen molar-refractivity contribution in [2.24, 2.45) is 11.8 Å². The van der Waals surface area contributed by atoms with E-state index in [9.17, 15) is 5.11 Å². The summed E-state index contributed by atoms with van der Waals surface area (Å²) in [7, 11) is 0. The molecule has 2 heteroatoms. The van der Waals surface area contributed by atoms with Crippen molar-refractivity contribution in [1.82, 2.24) is 4.90 Å².